The van der Waals surface area contributed by atoms with Gasteiger partial charge in [-0.3, -0.25) is 0 Å². The summed E-state index contributed by atoms with van der Waals surface area (Å²) in [5, 5.41) is 1.18. The Morgan fingerprint density at radius 2 is 2.05 bits per heavy atom. The molecule has 0 aliphatic rings. The summed E-state index contributed by atoms with van der Waals surface area (Å²) >= 11 is 0. The van der Waals surface area contributed by atoms with Gasteiger partial charge in [-0.15, -0.1) is 0 Å². The van der Waals surface area contributed by atoms with Gasteiger partial charge in [0.1, 0.15) is 12.0 Å². The Morgan fingerprint density at radius 3 is 2.73 bits per heavy atom. The van der Waals surface area contributed by atoms with Gasteiger partial charge >= 0.3 is 0 Å². The molecule has 1 aromatic heterocycles. The Bertz CT molecular complexity index is 552. The number of hydrogen-bond acceptors (Lipinski definition) is 4. The SMILES string of the molecule is CCN.NCCc1c[nH]c2ccc(OCCCCC=O)cc12. The molecule has 22 heavy (non-hydrogen) atoms. The Kier molecular flexibility index (Phi) is 8.95. The highest BCUT2D eigenvalue weighted by atomic mass is 16.5. The number of hydrogen-bond donors (Lipinski definition) is 3. The second-order valence-corrected chi connectivity index (χ2v) is 4.98. The average Bonchev–Trinajstić information content (AvgIpc) is 2.91. The Balaban J connectivity index is 0.000000745. The summed E-state index contributed by atoms with van der Waals surface area (Å²) in [6.45, 7) is 3.94. The first kappa shape index (κ1) is 18.2. The van der Waals surface area contributed by atoms with Crippen LogP contribution in [0.3, 0.4) is 0 Å². The first-order valence-corrected chi connectivity index (χ1v) is 7.83. The Morgan fingerprint density at radius 1 is 1.27 bits per heavy atom. The van der Waals surface area contributed by atoms with E-state index in [1.54, 1.807) is 0 Å². The van der Waals surface area contributed by atoms with E-state index >= 15 is 0 Å². The van der Waals surface area contributed by atoms with Gasteiger partial charge < -0.3 is 26.0 Å². The van der Waals surface area contributed by atoms with Crippen molar-refractivity contribution in [2.45, 2.75) is 32.6 Å². The molecule has 1 aromatic carbocycles. The lowest BCUT2D eigenvalue weighted by Gasteiger charge is -2.06. The summed E-state index contributed by atoms with van der Waals surface area (Å²) in [6.07, 6.45) is 6.22. The molecule has 0 aliphatic heterocycles. The van der Waals surface area contributed by atoms with Crippen molar-refractivity contribution < 1.29 is 9.53 Å². The number of aldehydes is 1. The van der Waals surface area contributed by atoms with E-state index in [0.717, 1.165) is 43.4 Å². The monoisotopic (exact) mass is 305 g/mol. The topological polar surface area (TPSA) is 94.1 Å². The number of rotatable bonds is 8. The maximum Gasteiger partial charge on any atom is 0.120 e. The van der Waals surface area contributed by atoms with Gasteiger partial charge in [0.2, 0.25) is 0 Å². The highest BCUT2D eigenvalue weighted by Gasteiger charge is 2.04. The fourth-order valence-corrected chi connectivity index (χ4v) is 2.13. The summed E-state index contributed by atoms with van der Waals surface area (Å²) in [4.78, 5) is 13.4. The number of benzene rings is 1. The van der Waals surface area contributed by atoms with Crippen molar-refractivity contribution in [1.29, 1.82) is 0 Å². The van der Waals surface area contributed by atoms with Crippen LogP contribution in [-0.4, -0.2) is 31.0 Å². The first-order chi connectivity index (χ1) is 10.8. The van der Waals surface area contributed by atoms with Crippen LogP contribution in [-0.2, 0) is 11.2 Å². The van der Waals surface area contributed by atoms with Gasteiger partial charge in [0.05, 0.1) is 6.61 Å². The molecule has 5 heteroatoms. The van der Waals surface area contributed by atoms with Crippen LogP contribution in [0.15, 0.2) is 24.4 Å². The molecule has 2 aromatic rings. The summed E-state index contributed by atoms with van der Waals surface area (Å²) in [6, 6.07) is 6.04. The van der Waals surface area contributed by atoms with Crippen LogP contribution in [0.1, 0.15) is 31.7 Å². The Labute approximate surface area is 132 Å². The average molecular weight is 305 g/mol. The van der Waals surface area contributed by atoms with Crippen LogP contribution in [0.25, 0.3) is 10.9 Å². The zero-order valence-electron chi connectivity index (χ0n) is 13.3. The van der Waals surface area contributed by atoms with Crippen molar-refractivity contribution in [1.82, 2.24) is 4.98 Å². The van der Waals surface area contributed by atoms with Gasteiger partial charge in [-0.05, 0) is 56.1 Å². The number of aromatic nitrogens is 1. The standard InChI is InChI=1S/C15H20N2O2.C2H7N/c16-7-6-12-11-17-15-5-4-13(10-14(12)15)19-9-3-1-2-8-18;1-2-3/h4-5,8,10-11,17H,1-3,6-7,9,16H2;2-3H2,1H3. The van der Waals surface area contributed by atoms with Crippen molar-refractivity contribution in [2.75, 3.05) is 19.7 Å². The molecular formula is C17H27N3O2. The number of nitrogens with two attached hydrogens (primary N) is 2. The zero-order valence-corrected chi connectivity index (χ0v) is 13.3. The maximum absolute atomic E-state index is 10.2. The van der Waals surface area contributed by atoms with Crippen molar-refractivity contribution >= 4 is 17.2 Å². The van der Waals surface area contributed by atoms with E-state index in [2.05, 4.69) is 11.1 Å². The van der Waals surface area contributed by atoms with E-state index < -0.39 is 0 Å². The largest absolute Gasteiger partial charge is 0.494 e. The van der Waals surface area contributed by atoms with Crippen LogP contribution in [0.2, 0.25) is 0 Å². The second-order valence-electron chi connectivity index (χ2n) is 4.98. The van der Waals surface area contributed by atoms with Crippen molar-refractivity contribution in [2.24, 2.45) is 11.5 Å². The second kappa shape index (κ2) is 10.8. The van der Waals surface area contributed by atoms with Crippen LogP contribution in [0.4, 0.5) is 0 Å². The van der Waals surface area contributed by atoms with Crippen molar-refractivity contribution in [3.05, 3.63) is 30.0 Å². The minimum absolute atomic E-state index is 0.612. The molecular weight excluding hydrogens is 278 g/mol. The van der Waals surface area contributed by atoms with Crippen molar-refractivity contribution in [3.63, 3.8) is 0 Å². The molecule has 5 N–H and O–H groups in total. The lowest BCUT2D eigenvalue weighted by Crippen LogP contribution is -2.02. The van der Waals surface area contributed by atoms with E-state index in [1.165, 1.54) is 10.9 Å². The quantitative estimate of drug-likeness (QED) is 0.515. The molecule has 1 heterocycles. The van der Waals surface area contributed by atoms with Gasteiger partial charge in [0.25, 0.3) is 0 Å². The van der Waals surface area contributed by atoms with Crippen molar-refractivity contribution in [3.8, 4) is 5.75 Å². The number of nitrogens with one attached hydrogen (secondary N) is 1. The molecule has 0 atom stereocenters. The fourth-order valence-electron chi connectivity index (χ4n) is 2.13. The molecule has 0 saturated carbocycles. The van der Waals surface area contributed by atoms with Crippen LogP contribution in [0, 0.1) is 0 Å². The van der Waals surface area contributed by atoms with Crippen LogP contribution in [0.5, 0.6) is 5.75 Å². The van der Waals surface area contributed by atoms with E-state index in [-0.39, 0.29) is 0 Å². The minimum Gasteiger partial charge on any atom is -0.494 e. The van der Waals surface area contributed by atoms with Gasteiger partial charge in [0.15, 0.2) is 0 Å². The lowest BCUT2D eigenvalue weighted by molar-refractivity contribution is -0.107. The highest BCUT2D eigenvalue weighted by molar-refractivity contribution is 5.84. The molecule has 2 rings (SSSR count). The molecule has 0 radical (unpaired) electrons. The highest BCUT2D eigenvalue weighted by Crippen LogP contribution is 2.24. The van der Waals surface area contributed by atoms with E-state index in [9.17, 15) is 4.79 Å². The van der Waals surface area contributed by atoms with Gasteiger partial charge in [-0.1, -0.05) is 6.92 Å². The molecule has 0 aliphatic carbocycles. The zero-order chi connectivity index (χ0) is 16.2. The molecule has 0 saturated heterocycles. The summed E-state index contributed by atoms with van der Waals surface area (Å²) < 4.78 is 5.70. The lowest BCUT2D eigenvalue weighted by atomic mass is 10.1. The van der Waals surface area contributed by atoms with E-state index in [0.29, 0.717) is 19.6 Å². The number of aromatic amines is 1. The van der Waals surface area contributed by atoms with E-state index in [1.807, 2.05) is 25.3 Å². The third kappa shape index (κ3) is 5.87. The molecule has 0 unspecified atom stereocenters. The number of H-pyrrole nitrogens is 1. The molecule has 0 bridgehead atoms. The number of fused-ring (bicyclic) bond motifs is 1. The van der Waals surface area contributed by atoms with E-state index in [4.69, 9.17) is 16.2 Å². The normalized spacial score (nSPS) is 10.1. The molecule has 5 nitrogen and oxygen atoms in total. The van der Waals surface area contributed by atoms with Crippen LogP contribution >= 0.6 is 0 Å². The third-order valence-electron chi connectivity index (χ3n) is 3.14. The maximum atomic E-state index is 10.2. The van der Waals surface area contributed by atoms with Gasteiger partial charge in [0, 0.05) is 23.5 Å². The summed E-state index contributed by atoms with van der Waals surface area (Å²) in [7, 11) is 0. The first-order valence-electron chi connectivity index (χ1n) is 7.83. The molecule has 0 fully saturated rings. The summed E-state index contributed by atoms with van der Waals surface area (Å²) in [5.74, 6) is 0.872. The third-order valence-corrected chi connectivity index (χ3v) is 3.14. The number of carbonyl (C=O) groups excluding carboxylic acids is 1. The smallest absolute Gasteiger partial charge is 0.120 e. The van der Waals surface area contributed by atoms with Gasteiger partial charge in [-0.25, -0.2) is 0 Å². The molecule has 122 valence electrons. The Hall–Kier alpha value is -1.85. The molecule has 0 spiro atoms. The molecule has 0 amide bonds. The number of unbranched alkanes of at least 4 members (excludes halogenated alkanes) is 2. The number of carbonyl (C=O) groups is 1. The number of ether oxygens (including phenoxy) is 1. The van der Waals surface area contributed by atoms with Crippen LogP contribution < -0.4 is 16.2 Å². The predicted molar refractivity (Wildman–Crippen MR) is 91.2 cm³/mol. The minimum atomic E-state index is 0.612. The van der Waals surface area contributed by atoms with Gasteiger partial charge in [-0.2, -0.15) is 0 Å². The fraction of sp³-hybridized carbons (Fsp3) is 0.471. The summed E-state index contributed by atoms with van der Waals surface area (Å²) in [5.41, 5.74) is 12.8. The predicted octanol–water partition coefficient (Wildman–Crippen LogP) is 2.38.